The monoisotopic (exact) mass is 368 g/mol. The van der Waals surface area contributed by atoms with Gasteiger partial charge in [0.05, 0.1) is 0 Å². The van der Waals surface area contributed by atoms with Crippen LogP contribution in [0.1, 0.15) is 79.9 Å². The molecule has 0 saturated heterocycles. The maximum Gasteiger partial charge on any atom is 0.337 e. The normalized spacial score (nSPS) is 20.6. The summed E-state index contributed by atoms with van der Waals surface area (Å²) in [7, 11) is 0. The van der Waals surface area contributed by atoms with Crippen LogP contribution in [-0.4, -0.2) is 17.4 Å². The van der Waals surface area contributed by atoms with E-state index in [0.717, 1.165) is 34.6 Å². The average Bonchev–Trinajstić information content (AvgIpc) is 2.79. The average molecular weight is 369 g/mol. The van der Waals surface area contributed by atoms with Gasteiger partial charge in [-0.15, -0.1) is 11.3 Å². The number of hydrogen-bond acceptors (Lipinski definition) is 3. The Kier molecular flexibility index (Phi) is 6.80. The van der Waals surface area contributed by atoms with Crippen molar-refractivity contribution in [2.24, 2.45) is 5.92 Å². The summed E-state index contributed by atoms with van der Waals surface area (Å²) in [4.78, 5) is 13.9. The zero-order valence-corrected chi connectivity index (χ0v) is 16.6. The van der Waals surface area contributed by atoms with Gasteiger partial charge < -0.3 is 9.84 Å². The molecule has 3 atom stereocenters. The smallest absolute Gasteiger partial charge is 0.337 e. The van der Waals surface area contributed by atoms with Crippen molar-refractivity contribution in [3.05, 3.63) is 26.5 Å². The molecule has 140 valence electrons. The predicted molar refractivity (Wildman–Crippen MR) is 101 cm³/mol. The minimum Gasteiger partial charge on any atom is -0.479 e. The molecule has 0 saturated carbocycles. The highest BCUT2D eigenvalue weighted by Gasteiger charge is 2.34. The minimum atomic E-state index is -1.56. The number of aryl methyl sites for hydroxylation is 2. The van der Waals surface area contributed by atoms with Gasteiger partial charge in [0.1, 0.15) is 0 Å². The fourth-order valence-electron chi connectivity index (χ4n) is 3.88. The van der Waals surface area contributed by atoms with Crippen LogP contribution in [-0.2, 0) is 9.53 Å². The maximum atomic E-state index is 14.1. The molecular weight excluding hydrogens is 339 g/mol. The lowest BCUT2D eigenvalue weighted by Gasteiger charge is -2.27. The van der Waals surface area contributed by atoms with Gasteiger partial charge in [-0.25, -0.2) is 9.18 Å². The molecular formula is C20H29FO3S. The molecule has 0 aromatic carbocycles. The summed E-state index contributed by atoms with van der Waals surface area (Å²) in [6, 6.07) is 0. The van der Waals surface area contributed by atoms with Crippen LogP contribution >= 0.6 is 11.3 Å². The number of allylic oxidation sites excluding steroid dienone is 2. The third-order valence-electron chi connectivity index (χ3n) is 5.00. The van der Waals surface area contributed by atoms with E-state index in [1.54, 1.807) is 11.3 Å². The highest BCUT2D eigenvalue weighted by atomic mass is 32.1. The summed E-state index contributed by atoms with van der Waals surface area (Å²) in [5.74, 6) is -0.742. The molecule has 0 spiro atoms. The van der Waals surface area contributed by atoms with Crippen molar-refractivity contribution in [3.8, 4) is 0 Å². The summed E-state index contributed by atoms with van der Waals surface area (Å²) in [6.45, 7) is 10.1. The lowest BCUT2D eigenvalue weighted by atomic mass is 9.79. The fourth-order valence-corrected chi connectivity index (χ4v) is 4.98. The summed E-state index contributed by atoms with van der Waals surface area (Å²) >= 11 is 1.58. The first kappa shape index (κ1) is 20.1. The first-order chi connectivity index (χ1) is 11.8. The molecule has 1 aliphatic rings. The lowest BCUT2D eigenvalue weighted by Crippen LogP contribution is -2.22. The summed E-state index contributed by atoms with van der Waals surface area (Å²) < 4.78 is 19.4. The Morgan fingerprint density at radius 1 is 1.36 bits per heavy atom. The van der Waals surface area contributed by atoms with Gasteiger partial charge in [0, 0.05) is 21.7 Å². The molecule has 1 heterocycles. The van der Waals surface area contributed by atoms with Crippen LogP contribution in [0.15, 0.2) is 5.57 Å². The highest BCUT2D eigenvalue weighted by Crippen LogP contribution is 2.45. The SMILES string of the molecule is CCCC(F)OC(C(=O)O)c1c(C)sc(C)c1C1=C(C)CCCC1C. The molecule has 0 bridgehead atoms. The summed E-state index contributed by atoms with van der Waals surface area (Å²) in [5.41, 5.74) is 4.19. The van der Waals surface area contributed by atoms with Gasteiger partial charge in [0.15, 0.2) is 12.5 Å². The molecule has 0 fully saturated rings. The van der Waals surface area contributed by atoms with Crippen LogP contribution in [0.4, 0.5) is 4.39 Å². The lowest BCUT2D eigenvalue weighted by molar-refractivity contribution is -0.164. The van der Waals surface area contributed by atoms with Crippen LogP contribution in [0.25, 0.3) is 5.57 Å². The van der Waals surface area contributed by atoms with Gasteiger partial charge in [-0.1, -0.05) is 25.8 Å². The molecule has 2 rings (SSSR count). The number of hydrogen-bond donors (Lipinski definition) is 1. The van der Waals surface area contributed by atoms with Gasteiger partial charge in [-0.05, 0) is 57.1 Å². The van der Waals surface area contributed by atoms with Gasteiger partial charge in [0.2, 0.25) is 0 Å². The Bertz CT molecular complexity index is 662. The number of carboxylic acid groups (broad SMARTS) is 1. The van der Waals surface area contributed by atoms with E-state index in [1.165, 1.54) is 11.1 Å². The standard InChI is InChI=1S/C20H29FO3S/c1-6-8-15(21)24-19(20(22)23)18-14(5)25-13(4)17(18)16-11(2)9-7-10-12(16)3/h11,15,19H,6-10H2,1-5H3,(H,22,23). The van der Waals surface area contributed by atoms with Gasteiger partial charge in [0.25, 0.3) is 0 Å². The van der Waals surface area contributed by atoms with Crippen molar-refractivity contribution >= 4 is 22.9 Å². The van der Waals surface area contributed by atoms with Gasteiger partial charge >= 0.3 is 5.97 Å². The summed E-state index contributed by atoms with van der Waals surface area (Å²) in [5, 5.41) is 9.73. The van der Waals surface area contributed by atoms with Crippen molar-refractivity contribution in [1.82, 2.24) is 0 Å². The Hall–Kier alpha value is -1.20. The third kappa shape index (κ3) is 4.32. The van der Waals surface area contributed by atoms with E-state index in [0.29, 0.717) is 17.9 Å². The van der Waals surface area contributed by atoms with E-state index in [9.17, 15) is 14.3 Å². The van der Waals surface area contributed by atoms with Gasteiger partial charge in [-0.2, -0.15) is 0 Å². The number of halogens is 1. The van der Waals surface area contributed by atoms with E-state index in [1.807, 2.05) is 20.8 Å². The van der Waals surface area contributed by atoms with Crippen LogP contribution < -0.4 is 0 Å². The molecule has 1 aliphatic carbocycles. The molecule has 1 aromatic rings. The predicted octanol–water partition coefficient (Wildman–Crippen LogP) is 6.20. The van der Waals surface area contributed by atoms with Crippen molar-refractivity contribution in [2.75, 3.05) is 0 Å². The first-order valence-electron chi connectivity index (χ1n) is 9.10. The van der Waals surface area contributed by atoms with E-state index in [-0.39, 0.29) is 6.42 Å². The number of ether oxygens (including phenoxy) is 1. The second-order valence-electron chi connectivity index (χ2n) is 7.04. The minimum absolute atomic E-state index is 0.208. The molecule has 0 radical (unpaired) electrons. The van der Waals surface area contributed by atoms with Crippen LogP contribution in [0.3, 0.4) is 0 Å². The molecule has 1 N–H and O–H groups in total. The quantitative estimate of drug-likeness (QED) is 0.623. The van der Waals surface area contributed by atoms with E-state index in [4.69, 9.17) is 4.74 Å². The Labute approximate surface area is 153 Å². The molecule has 3 unspecified atom stereocenters. The number of rotatable bonds is 7. The zero-order chi connectivity index (χ0) is 18.7. The molecule has 3 nitrogen and oxygen atoms in total. The largest absolute Gasteiger partial charge is 0.479 e. The first-order valence-corrected chi connectivity index (χ1v) is 9.91. The number of thiophene rings is 1. The van der Waals surface area contributed by atoms with E-state index < -0.39 is 18.4 Å². The second-order valence-corrected chi connectivity index (χ2v) is 8.47. The Morgan fingerprint density at radius 2 is 2.04 bits per heavy atom. The van der Waals surface area contributed by atoms with Gasteiger partial charge in [-0.3, -0.25) is 0 Å². The van der Waals surface area contributed by atoms with Crippen LogP contribution in [0.5, 0.6) is 0 Å². The van der Waals surface area contributed by atoms with Crippen molar-refractivity contribution in [1.29, 1.82) is 0 Å². The summed E-state index contributed by atoms with van der Waals surface area (Å²) in [6.07, 6.45) is 1.31. The Morgan fingerprint density at radius 3 is 2.60 bits per heavy atom. The topological polar surface area (TPSA) is 46.5 Å². The number of carbonyl (C=O) groups is 1. The molecule has 25 heavy (non-hydrogen) atoms. The van der Waals surface area contributed by atoms with Crippen LogP contribution in [0.2, 0.25) is 0 Å². The Balaban J connectivity index is 2.55. The highest BCUT2D eigenvalue weighted by molar-refractivity contribution is 7.12. The van der Waals surface area contributed by atoms with Crippen LogP contribution in [0, 0.1) is 19.8 Å². The third-order valence-corrected chi connectivity index (χ3v) is 6.04. The zero-order valence-electron chi connectivity index (χ0n) is 15.8. The van der Waals surface area contributed by atoms with Crippen molar-refractivity contribution in [3.63, 3.8) is 0 Å². The molecule has 0 amide bonds. The fraction of sp³-hybridized carbons (Fsp3) is 0.650. The maximum absolute atomic E-state index is 14.1. The number of alkyl halides is 1. The van der Waals surface area contributed by atoms with E-state index in [2.05, 4.69) is 13.8 Å². The number of carboxylic acids is 1. The molecule has 1 aromatic heterocycles. The molecule has 5 heteroatoms. The van der Waals surface area contributed by atoms with E-state index >= 15 is 0 Å². The number of aliphatic carboxylic acids is 1. The van der Waals surface area contributed by atoms with Crippen molar-refractivity contribution < 1.29 is 19.0 Å². The second kappa shape index (κ2) is 8.45. The van der Waals surface area contributed by atoms with Crippen molar-refractivity contribution in [2.45, 2.75) is 79.2 Å². The molecule has 0 aliphatic heterocycles.